The topological polar surface area (TPSA) is 32.3 Å². The molecule has 2 saturated heterocycles. The molecule has 0 spiro atoms. The van der Waals surface area contributed by atoms with Gasteiger partial charge in [-0.3, -0.25) is 0 Å². The Bertz CT molecular complexity index is 258. The highest BCUT2D eigenvalue weighted by Crippen LogP contribution is 2.45. The molecule has 2 heterocycles. The number of aliphatic hydroxyl groups is 1. The van der Waals surface area contributed by atoms with E-state index < -0.39 is 0 Å². The van der Waals surface area contributed by atoms with Crippen LogP contribution in [0.2, 0.25) is 0 Å². The lowest BCUT2D eigenvalue weighted by Crippen LogP contribution is -2.53. The van der Waals surface area contributed by atoms with Gasteiger partial charge in [-0.05, 0) is 50.4 Å². The fourth-order valence-electron chi connectivity index (χ4n) is 4.60. The molecule has 3 fully saturated rings. The van der Waals surface area contributed by atoms with Gasteiger partial charge in [0.05, 0.1) is 5.60 Å². The normalized spacial score (nSPS) is 50.5. The van der Waals surface area contributed by atoms with Gasteiger partial charge in [-0.25, -0.2) is 0 Å². The Labute approximate surface area is 105 Å². The smallest absolute Gasteiger partial charge is 0.0705 e. The van der Waals surface area contributed by atoms with E-state index in [0.29, 0.717) is 18.0 Å². The quantitative estimate of drug-likeness (QED) is 0.774. The minimum atomic E-state index is -0.324. The fraction of sp³-hybridized carbons (Fsp3) is 1.00. The Hall–Kier alpha value is -0.0800. The second-order valence-corrected chi connectivity index (χ2v) is 6.78. The van der Waals surface area contributed by atoms with Gasteiger partial charge in [-0.1, -0.05) is 26.2 Å². The zero-order valence-electron chi connectivity index (χ0n) is 11.1. The molecule has 2 aliphatic heterocycles. The van der Waals surface area contributed by atoms with Crippen molar-refractivity contribution in [1.82, 2.24) is 5.32 Å². The Morgan fingerprint density at radius 1 is 1.00 bits per heavy atom. The first-order valence-corrected chi connectivity index (χ1v) is 7.68. The van der Waals surface area contributed by atoms with Crippen molar-refractivity contribution in [3.63, 3.8) is 0 Å². The van der Waals surface area contributed by atoms with E-state index >= 15 is 0 Å². The molecule has 98 valence electrons. The lowest BCUT2D eigenvalue weighted by Gasteiger charge is -2.45. The van der Waals surface area contributed by atoms with Gasteiger partial charge in [0.25, 0.3) is 0 Å². The molecule has 1 saturated carbocycles. The summed E-state index contributed by atoms with van der Waals surface area (Å²) in [6, 6.07) is 1.23. The third-order valence-corrected chi connectivity index (χ3v) is 5.72. The molecule has 2 heteroatoms. The molecule has 0 amide bonds. The van der Waals surface area contributed by atoms with Crippen LogP contribution in [0, 0.1) is 11.8 Å². The number of fused-ring (bicyclic) bond motifs is 2. The van der Waals surface area contributed by atoms with Crippen LogP contribution >= 0.6 is 0 Å². The molecular weight excluding hydrogens is 210 g/mol. The summed E-state index contributed by atoms with van der Waals surface area (Å²) >= 11 is 0. The van der Waals surface area contributed by atoms with Gasteiger partial charge in [0, 0.05) is 12.1 Å². The maximum atomic E-state index is 11.0. The molecule has 2 atom stereocenters. The van der Waals surface area contributed by atoms with Crippen molar-refractivity contribution >= 4 is 0 Å². The van der Waals surface area contributed by atoms with Crippen LogP contribution in [-0.4, -0.2) is 22.8 Å². The summed E-state index contributed by atoms with van der Waals surface area (Å²) in [5.41, 5.74) is -0.324. The molecule has 0 aromatic heterocycles. The highest BCUT2D eigenvalue weighted by molar-refractivity contribution is 5.03. The summed E-state index contributed by atoms with van der Waals surface area (Å²) < 4.78 is 0. The van der Waals surface area contributed by atoms with Gasteiger partial charge in [0.15, 0.2) is 0 Å². The first-order chi connectivity index (χ1) is 8.19. The predicted molar refractivity (Wildman–Crippen MR) is 69.9 cm³/mol. The molecule has 1 aliphatic carbocycles. The van der Waals surface area contributed by atoms with E-state index in [-0.39, 0.29) is 5.60 Å². The fourth-order valence-corrected chi connectivity index (χ4v) is 4.60. The monoisotopic (exact) mass is 237 g/mol. The zero-order chi connectivity index (χ0) is 11.9. The third kappa shape index (κ3) is 2.26. The summed E-state index contributed by atoms with van der Waals surface area (Å²) in [5.74, 6) is 1.53. The largest absolute Gasteiger partial charge is 0.389 e. The lowest BCUT2D eigenvalue weighted by molar-refractivity contribution is -0.0727. The second kappa shape index (κ2) is 4.55. The van der Waals surface area contributed by atoms with Crippen LogP contribution in [0.4, 0.5) is 0 Å². The van der Waals surface area contributed by atoms with Crippen molar-refractivity contribution in [2.45, 2.75) is 82.4 Å². The highest BCUT2D eigenvalue weighted by Gasteiger charge is 2.47. The van der Waals surface area contributed by atoms with Crippen molar-refractivity contribution in [2.24, 2.45) is 11.8 Å². The van der Waals surface area contributed by atoms with Crippen LogP contribution in [0.5, 0.6) is 0 Å². The Morgan fingerprint density at radius 2 is 1.59 bits per heavy atom. The minimum Gasteiger partial charge on any atom is -0.389 e. The van der Waals surface area contributed by atoms with Gasteiger partial charge < -0.3 is 10.4 Å². The summed E-state index contributed by atoms with van der Waals surface area (Å²) in [6.07, 6.45) is 11.2. The van der Waals surface area contributed by atoms with Crippen LogP contribution < -0.4 is 5.32 Å². The molecule has 0 aromatic rings. The van der Waals surface area contributed by atoms with E-state index in [1.807, 2.05) is 0 Å². The summed E-state index contributed by atoms with van der Waals surface area (Å²) in [4.78, 5) is 0. The summed E-state index contributed by atoms with van der Waals surface area (Å²) in [7, 11) is 0. The highest BCUT2D eigenvalue weighted by atomic mass is 16.3. The van der Waals surface area contributed by atoms with Crippen molar-refractivity contribution in [3.05, 3.63) is 0 Å². The molecule has 0 radical (unpaired) electrons. The predicted octanol–water partition coefficient (Wildman–Crippen LogP) is 2.85. The van der Waals surface area contributed by atoms with Crippen LogP contribution in [0.15, 0.2) is 0 Å². The second-order valence-electron chi connectivity index (χ2n) is 6.78. The third-order valence-electron chi connectivity index (χ3n) is 5.72. The number of hydrogen-bond donors (Lipinski definition) is 2. The molecule has 0 aromatic carbocycles. The zero-order valence-corrected chi connectivity index (χ0v) is 11.1. The van der Waals surface area contributed by atoms with E-state index in [9.17, 15) is 5.11 Å². The molecule has 3 rings (SSSR count). The van der Waals surface area contributed by atoms with E-state index in [4.69, 9.17) is 0 Å². The van der Waals surface area contributed by atoms with Gasteiger partial charge in [-0.2, -0.15) is 0 Å². The van der Waals surface area contributed by atoms with Crippen molar-refractivity contribution < 1.29 is 5.11 Å². The average molecular weight is 237 g/mol. The van der Waals surface area contributed by atoms with Crippen LogP contribution in [-0.2, 0) is 0 Å². The van der Waals surface area contributed by atoms with Gasteiger partial charge >= 0.3 is 0 Å². The van der Waals surface area contributed by atoms with Gasteiger partial charge in [-0.15, -0.1) is 0 Å². The van der Waals surface area contributed by atoms with Crippen LogP contribution in [0.25, 0.3) is 0 Å². The lowest BCUT2D eigenvalue weighted by atomic mass is 9.68. The average Bonchev–Trinajstić information content (AvgIpc) is 2.69. The Balaban J connectivity index is 1.63. The number of hydrogen-bond acceptors (Lipinski definition) is 2. The number of nitrogens with one attached hydrogen (secondary N) is 1. The molecule has 17 heavy (non-hydrogen) atoms. The standard InChI is InChI=1S/C15H27NO/c1-2-11-3-5-12(6-4-11)15(17)9-13-7-8-14(10-15)16-13/h11-14,16-17H,2-10H2,1H3. The maximum Gasteiger partial charge on any atom is 0.0705 e. The first kappa shape index (κ1) is 12.0. The number of rotatable bonds is 2. The van der Waals surface area contributed by atoms with Crippen molar-refractivity contribution in [2.75, 3.05) is 0 Å². The van der Waals surface area contributed by atoms with Crippen molar-refractivity contribution in [3.8, 4) is 0 Å². The Morgan fingerprint density at radius 3 is 2.12 bits per heavy atom. The molecule has 2 N–H and O–H groups in total. The summed E-state index contributed by atoms with van der Waals surface area (Å²) in [6.45, 7) is 2.31. The molecule has 3 aliphatic rings. The molecular formula is C15H27NO. The maximum absolute atomic E-state index is 11.0. The van der Waals surface area contributed by atoms with Crippen LogP contribution in [0.1, 0.15) is 64.7 Å². The van der Waals surface area contributed by atoms with E-state index in [2.05, 4.69) is 12.2 Å². The number of piperidine rings is 1. The molecule has 2 bridgehead atoms. The SMILES string of the molecule is CCC1CCC(C2(O)CC3CCC(C2)N3)CC1. The van der Waals surface area contributed by atoms with E-state index in [1.165, 1.54) is 44.9 Å². The Kier molecular flexibility index (Phi) is 3.20. The van der Waals surface area contributed by atoms with Crippen LogP contribution in [0.3, 0.4) is 0 Å². The van der Waals surface area contributed by atoms with Gasteiger partial charge in [0.1, 0.15) is 0 Å². The van der Waals surface area contributed by atoms with Gasteiger partial charge in [0.2, 0.25) is 0 Å². The molecule has 2 nitrogen and oxygen atoms in total. The van der Waals surface area contributed by atoms with E-state index in [1.54, 1.807) is 0 Å². The first-order valence-electron chi connectivity index (χ1n) is 7.68. The van der Waals surface area contributed by atoms with Crippen molar-refractivity contribution in [1.29, 1.82) is 0 Å². The van der Waals surface area contributed by atoms with E-state index in [0.717, 1.165) is 18.8 Å². The molecule has 2 unspecified atom stereocenters. The summed E-state index contributed by atoms with van der Waals surface area (Å²) in [5, 5.41) is 14.6. The minimum absolute atomic E-state index is 0.324.